The number of non-ortho nitro benzene ring substituents is 1. The minimum absolute atomic E-state index is 0.0595. The minimum atomic E-state index is -4.51. The third-order valence-corrected chi connectivity index (χ3v) is 2.91. The number of nitro benzene ring substituents is 1. The van der Waals surface area contributed by atoms with Gasteiger partial charge in [0.05, 0.1) is 22.2 Å². The van der Waals surface area contributed by atoms with Gasteiger partial charge in [-0.15, -0.1) is 0 Å². The van der Waals surface area contributed by atoms with Crippen molar-refractivity contribution in [2.75, 3.05) is 5.32 Å². The fourth-order valence-electron chi connectivity index (χ4n) is 1.74. The molecule has 1 amide bonds. The van der Waals surface area contributed by atoms with Gasteiger partial charge in [-0.25, -0.2) is 0 Å². The van der Waals surface area contributed by atoms with E-state index in [1.54, 1.807) is 0 Å². The van der Waals surface area contributed by atoms with Crippen molar-refractivity contribution in [2.45, 2.75) is 6.18 Å². The number of hydrogen-bond donors (Lipinski definition) is 2. The first-order valence-corrected chi connectivity index (χ1v) is 6.14. The Kier molecular flexibility index (Phi) is 4.21. The number of benzene rings is 2. The van der Waals surface area contributed by atoms with Gasteiger partial charge in [0, 0.05) is 11.6 Å². The van der Waals surface area contributed by atoms with E-state index in [9.17, 15) is 33.2 Å². The highest BCUT2D eigenvalue weighted by molar-refractivity contribution is 6.05. The number of alkyl halides is 3. The summed E-state index contributed by atoms with van der Waals surface area (Å²) in [6, 6.07) is 6.52. The summed E-state index contributed by atoms with van der Waals surface area (Å²) in [5.41, 5.74) is -1.42. The lowest BCUT2D eigenvalue weighted by Crippen LogP contribution is -2.13. The number of halogens is 3. The first-order chi connectivity index (χ1) is 10.7. The van der Waals surface area contributed by atoms with Crippen LogP contribution in [0.5, 0.6) is 5.75 Å². The quantitative estimate of drug-likeness (QED) is 0.512. The number of phenolic OH excluding ortho intramolecular Hbond substituents is 1. The molecular formula is C14H9F3N2O4. The highest BCUT2D eigenvalue weighted by atomic mass is 19.4. The summed E-state index contributed by atoms with van der Waals surface area (Å²) < 4.78 is 37.3. The Bertz CT molecular complexity index is 758. The molecular weight excluding hydrogens is 317 g/mol. The molecule has 23 heavy (non-hydrogen) atoms. The summed E-state index contributed by atoms with van der Waals surface area (Å²) in [5.74, 6) is -1.29. The van der Waals surface area contributed by atoms with Gasteiger partial charge in [0.15, 0.2) is 0 Å². The van der Waals surface area contributed by atoms with Crippen LogP contribution in [0, 0.1) is 10.1 Å². The maximum atomic E-state index is 12.4. The lowest BCUT2D eigenvalue weighted by atomic mass is 10.1. The van der Waals surface area contributed by atoms with Crippen LogP contribution in [0.2, 0.25) is 0 Å². The Morgan fingerprint density at radius 3 is 2.22 bits per heavy atom. The van der Waals surface area contributed by atoms with Crippen LogP contribution in [0.3, 0.4) is 0 Å². The van der Waals surface area contributed by atoms with Crippen molar-refractivity contribution in [2.24, 2.45) is 0 Å². The molecule has 0 radical (unpaired) electrons. The zero-order valence-corrected chi connectivity index (χ0v) is 11.3. The van der Waals surface area contributed by atoms with Crippen molar-refractivity contribution in [1.82, 2.24) is 0 Å². The first-order valence-electron chi connectivity index (χ1n) is 6.14. The summed E-state index contributed by atoms with van der Waals surface area (Å²) in [5, 5.41) is 22.4. The van der Waals surface area contributed by atoms with Crippen LogP contribution >= 0.6 is 0 Å². The number of nitro groups is 1. The number of nitrogens with one attached hydrogen (secondary N) is 1. The molecule has 2 aromatic rings. The number of anilines is 1. The molecule has 0 spiro atoms. The van der Waals surface area contributed by atoms with Gasteiger partial charge in [0.25, 0.3) is 11.6 Å². The second-order valence-electron chi connectivity index (χ2n) is 4.49. The molecule has 6 nitrogen and oxygen atoms in total. The molecule has 0 fully saturated rings. The zero-order chi connectivity index (χ0) is 17.2. The normalized spacial score (nSPS) is 11.1. The van der Waals surface area contributed by atoms with Crippen molar-refractivity contribution in [3.05, 3.63) is 63.7 Å². The maximum Gasteiger partial charge on any atom is 0.416 e. The largest absolute Gasteiger partial charge is 0.506 e. The number of hydrogen-bond acceptors (Lipinski definition) is 4. The third kappa shape index (κ3) is 3.76. The lowest BCUT2D eigenvalue weighted by molar-refractivity contribution is -0.384. The van der Waals surface area contributed by atoms with Crippen molar-refractivity contribution in [3.63, 3.8) is 0 Å². The van der Waals surface area contributed by atoms with E-state index in [0.717, 1.165) is 42.5 Å². The number of carbonyl (C=O) groups is 1. The molecule has 2 aromatic carbocycles. The van der Waals surface area contributed by atoms with Gasteiger partial charge in [-0.2, -0.15) is 13.2 Å². The Hall–Kier alpha value is -3.10. The van der Waals surface area contributed by atoms with Crippen LogP contribution in [0.1, 0.15) is 15.9 Å². The van der Waals surface area contributed by atoms with E-state index in [1.165, 1.54) is 0 Å². The smallest absolute Gasteiger partial charge is 0.416 e. The van der Waals surface area contributed by atoms with E-state index in [4.69, 9.17) is 0 Å². The van der Waals surface area contributed by atoms with Crippen LogP contribution in [-0.2, 0) is 6.18 Å². The fourth-order valence-corrected chi connectivity index (χ4v) is 1.74. The van der Waals surface area contributed by atoms with Crippen molar-refractivity contribution >= 4 is 17.3 Å². The Balaban J connectivity index is 2.17. The third-order valence-electron chi connectivity index (χ3n) is 2.91. The molecule has 0 heterocycles. The predicted octanol–water partition coefficient (Wildman–Crippen LogP) is 3.57. The van der Waals surface area contributed by atoms with Crippen molar-refractivity contribution in [1.29, 1.82) is 0 Å². The number of carbonyl (C=O) groups excluding carboxylic acids is 1. The minimum Gasteiger partial charge on any atom is -0.506 e. The standard InChI is InChI=1S/C14H9F3N2O4/c15-14(16,17)9-3-1-8(2-4-9)13(21)18-11-6-5-10(19(22)23)7-12(11)20/h1-7,20H,(H,18,21). The van der Waals surface area contributed by atoms with Crippen LogP contribution in [0.15, 0.2) is 42.5 Å². The summed E-state index contributed by atoms with van der Waals surface area (Å²) in [6.07, 6.45) is -4.51. The topological polar surface area (TPSA) is 92.5 Å². The van der Waals surface area contributed by atoms with Gasteiger partial charge in [0.2, 0.25) is 0 Å². The second kappa shape index (κ2) is 5.95. The predicted molar refractivity (Wildman–Crippen MR) is 74.2 cm³/mol. The van der Waals surface area contributed by atoms with Gasteiger partial charge in [0.1, 0.15) is 5.75 Å². The van der Waals surface area contributed by atoms with E-state index in [2.05, 4.69) is 5.32 Å². The second-order valence-corrected chi connectivity index (χ2v) is 4.49. The Labute approximate surface area is 127 Å². The van der Waals surface area contributed by atoms with Crippen LogP contribution < -0.4 is 5.32 Å². The summed E-state index contributed by atoms with van der Waals surface area (Å²) in [6.45, 7) is 0. The fraction of sp³-hybridized carbons (Fsp3) is 0.0714. The monoisotopic (exact) mass is 326 g/mol. The number of rotatable bonds is 3. The van der Waals surface area contributed by atoms with Gasteiger partial charge in [-0.3, -0.25) is 14.9 Å². The molecule has 0 saturated heterocycles. The van der Waals surface area contributed by atoms with Crippen LogP contribution in [-0.4, -0.2) is 15.9 Å². The molecule has 0 unspecified atom stereocenters. The molecule has 0 saturated carbocycles. The molecule has 120 valence electrons. The van der Waals surface area contributed by atoms with Crippen molar-refractivity contribution < 1.29 is 28.0 Å². The van der Waals surface area contributed by atoms with E-state index in [0.29, 0.717) is 0 Å². The molecule has 0 atom stereocenters. The average molecular weight is 326 g/mol. The highest BCUT2D eigenvalue weighted by Gasteiger charge is 2.30. The van der Waals surface area contributed by atoms with Gasteiger partial charge >= 0.3 is 6.18 Å². The summed E-state index contributed by atoms with van der Waals surface area (Å²) >= 11 is 0. The van der Waals surface area contributed by atoms with Gasteiger partial charge < -0.3 is 10.4 Å². The van der Waals surface area contributed by atoms with Gasteiger partial charge in [-0.05, 0) is 30.3 Å². The molecule has 0 aliphatic carbocycles. The van der Waals surface area contributed by atoms with E-state index < -0.39 is 28.3 Å². The molecule has 9 heteroatoms. The van der Waals surface area contributed by atoms with Gasteiger partial charge in [-0.1, -0.05) is 0 Å². The first kappa shape index (κ1) is 16.3. The zero-order valence-electron chi connectivity index (χ0n) is 11.3. The van der Waals surface area contributed by atoms with Crippen molar-refractivity contribution in [3.8, 4) is 5.75 Å². The van der Waals surface area contributed by atoms with Crippen LogP contribution in [0.4, 0.5) is 24.5 Å². The van der Waals surface area contributed by atoms with E-state index >= 15 is 0 Å². The highest BCUT2D eigenvalue weighted by Crippen LogP contribution is 2.30. The summed E-state index contributed by atoms with van der Waals surface area (Å²) in [7, 11) is 0. The van der Waals surface area contributed by atoms with E-state index in [-0.39, 0.29) is 16.9 Å². The molecule has 2 N–H and O–H groups in total. The molecule has 0 aliphatic heterocycles. The molecule has 0 bridgehead atoms. The number of phenols is 1. The summed E-state index contributed by atoms with van der Waals surface area (Å²) in [4.78, 5) is 21.7. The number of nitrogens with zero attached hydrogens (tertiary/aromatic N) is 1. The Morgan fingerprint density at radius 2 is 1.74 bits per heavy atom. The SMILES string of the molecule is O=C(Nc1ccc([N+](=O)[O-])cc1O)c1ccc(C(F)(F)F)cc1. The van der Waals surface area contributed by atoms with E-state index in [1.807, 2.05) is 0 Å². The molecule has 0 aromatic heterocycles. The number of aromatic hydroxyl groups is 1. The average Bonchev–Trinajstić information content (AvgIpc) is 2.48. The lowest BCUT2D eigenvalue weighted by Gasteiger charge is -2.09. The Morgan fingerprint density at radius 1 is 1.13 bits per heavy atom. The molecule has 2 rings (SSSR count). The van der Waals surface area contributed by atoms with Crippen LogP contribution in [0.25, 0.3) is 0 Å². The maximum absolute atomic E-state index is 12.4. The number of amides is 1. The molecule has 0 aliphatic rings.